The number of aromatic amines is 1. The summed E-state index contributed by atoms with van der Waals surface area (Å²) in [5, 5.41) is 9.73. The lowest BCUT2D eigenvalue weighted by Gasteiger charge is -2.31. The molecule has 0 bridgehead atoms. The van der Waals surface area contributed by atoms with Crippen LogP contribution in [-0.4, -0.2) is 47.2 Å². The van der Waals surface area contributed by atoms with Crippen LogP contribution in [0.25, 0.3) is 0 Å². The van der Waals surface area contributed by atoms with Crippen LogP contribution in [0, 0.1) is 0 Å². The third-order valence-corrected chi connectivity index (χ3v) is 2.92. The van der Waals surface area contributed by atoms with Crippen molar-refractivity contribution in [3.8, 4) is 0 Å². The number of H-pyrrole nitrogens is 1. The standard InChI is InChI=1S/C10H16N4O/c1-14(9-2-4-11-5-3-9)10(15)8-6-12-13-7-8/h6-7,9,11H,2-5H2,1H3,(H,12,13). The van der Waals surface area contributed by atoms with E-state index in [1.807, 2.05) is 11.9 Å². The first-order valence-corrected chi connectivity index (χ1v) is 5.25. The van der Waals surface area contributed by atoms with E-state index >= 15 is 0 Å². The van der Waals surface area contributed by atoms with E-state index in [-0.39, 0.29) is 5.91 Å². The Morgan fingerprint density at radius 3 is 2.87 bits per heavy atom. The Labute approximate surface area is 88.8 Å². The summed E-state index contributed by atoms with van der Waals surface area (Å²) in [6, 6.07) is 0.355. The van der Waals surface area contributed by atoms with E-state index in [0.717, 1.165) is 25.9 Å². The summed E-state index contributed by atoms with van der Waals surface area (Å²) >= 11 is 0. The number of hydrogen-bond acceptors (Lipinski definition) is 3. The highest BCUT2D eigenvalue weighted by molar-refractivity contribution is 5.93. The van der Waals surface area contributed by atoms with E-state index in [9.17, 15) is 4.79 Å². The molecule has 1 aliphatic heterocycles. The third-order valence-electron chi connectivity index (χ3n) is 2.92. The zero-order chi connectivity index (χ0) is 10.7. The van der Waals surface area contributed by atoms with Crippen LogP contribution in [0.4, 0.5) is 0 Å². The minimum Gasteiger partial charge on any atom is -0.339 e. The van der Waals surface area contributed by atoms with Gasteiger partial charge in [-0.2, -0.15) is 5.10 Å². The van der Waals surface area contributed by atoms with Crippen LogP contribution in [-0.2, 0) is 0 Å². The van der Waals surface area contributed by atoms with Gasteiger partial charge < -0.3 is 10.2 Å². The topological polar surface area (TPSA) is 61.0 Å². The number of aromatic nitrogens is 2. The van der Waals surface area contributed by atoms with Crippen molar-refractivity contribution in [2.75, 3.05) is 20.1 Å². The second-order valence-corrected chi connectivity index (χ2v) is 3.88. The molecule has 0 saturated carbocycles. The fraction of sp³-hybridized carbons (Fsp3) is 0.600. The van der Waals surface area contributed by atoms with E-state index in [4.69, 9.17) is 0 Å². The maximum absolute atomic E-state index is 12.0. The van der Waals surface area contributed by atoms with Crippen LogP contribution in [0.5, 0.6) is 0 Å². The first-order chi connectivity index (χ1) is 7.29. The van der Waals surface area contributed by atoms with Gasteiger partial charge in [0.15, 0.2) is 0 Å². The monoisotopic (exact) mass is 208 g/mol. The number of rotatable bonds is 2. The lowest BCUT2D eigenvalue weighted by atomic mass is 10.0. The van der Waals surface area contributed by atoms with Crippen molar-refractivity contribution in [1.29, 1.82) is 0 Å². The van der Waals surface area contributed by atoms with Crippen molar-refractivity contribution >= 4 is 5.91 Å². The van der Waals surface area contributed by atoms with Crippen molar-refractivity contribution in [2.45, 2.75) is 18.9 Å². The van der Waals surface area contributed by atoms with Gasteiger partial charge in [-0.25, -0.2) is 0 Å². The second-order valence-electron chi connectivity index (χ2n) is 3.88. The lowest BCUT2D eigenvalue weighted by Crippen LogP contribution is -2.43. The Morgan fingerprint density at radius 2 is 2.27 bits per heavy atom. The largest absolute Gasteiger partial charge is 0.339 e. The number of hydrogen-bond donors (Lipinski definition) is 2. The van der Waals surface area contributed by atoms with E-state index in [2.05, 4.69) is 15.5 Å². The molecule has 0 atom stereocenters. The van der Waals surface area contributed by atoms with Crippen LogP contribution in [0.2, 0.25) is 0 Å². The summed E-state index contributed by atoms with van der Waals surface area (Å²) in [6.07, 6.45) is 5.26. The van der Waals surface area contributed by atoms with E-state index in [1.54, 1.807) is 12.4 Å². The minimum absolute atomic E-state index is 0.0515. The molecule has 0 aliphatic carbocycles. The van der Waals surface area contributed by atoms with Crippen LogP contribution in [0.3, 0.4) is 0 Å². The van der Waals surface area contributed by atoms with Gasteiger partial charge in [-0.1, -0.05) is 0 Å². The highest BCUT2D eigenvalue weighted by atomic mass is 16.2. The van der Waals surface area contributed by atoms with Gasteiger partial charge in [-0.3, -0.25) is 9.89 Å². The van der Waals surface area contributed by atoms with Crippen LogP contribution < -0.4 is 5.32 Å². The van der Waals surface area contributed by atoms with Gasteiger partial charge in [0, 0.05) is 19.3 Å². The smallest absolute Gasteiger partial charge is 0.257 e. The molecule has 5 nitrogen and oxygen atoms in total. The molecule has 1 amide bonds. The Kier molecular flexibility index (Phi) is 3.01. The normalized spacial score (nSPS) is 17.7. The quantitative estimate of drug-likeness (QED) is 0.731. The van der Waals surface area contributed by atoms with Crippen LogP contribution in [0.1, 0.15) is 23.2 Å². The summed E-state index contributed by atoms with van der Waals surface area (Å²) in [5.41, 5.74) is 0.635. The number of nitrogens with one attached hydrogen (secondary N) is 2. The molecule has 0 unspecified atom stereocenters. The van der Waals surface area contributed by atoms with E-state index in [0.29, 0.717) is 11.6 Å². The average Bonchev–Trinajstić information content (AvgIpc) is 2.82. The van der Waals surface area contributed by atoms with Crippen molar-refractivity contribution in [1.82, 2.24) is 20.4 Å². The number of carbonyl (C=O) groups is 1. The molecule has 1 fully saturated rings. The fourth-order valence-electron chi connectivity index (χ4n) is 1.93. The molecular weight excluding hydrogens is 192 g/mol. The number of piperidine rings is 1. The molecule has 2 rings (SSSR count). The number of amides is 1. The molecule has 2 heterocycles. The average molecular weight is 208 g/mol. The number of carbonyl (C=O) groups excluding carboxylic acids is 1. The summed E-state index contributed by atoms with van der Waals surface area (Å²) in [7, 11) is 1.87. The van der Waals surface area contributed by atoms with Gasteiger partial charge in [0.05, 0.1) is 11.8 Å². The second kappa shape index (κ2) is 4.44. The SMILES string of the molecule is CN(C(=O)c1cn[nH]c1)C1CCNCC1. The summed E-state index contributed by atoms with van der Waals surface area (Å²) in [5.74, 6) is 0.0515. The summed E-state index contributed by atoms with van der Waals surface area (Å²) < 4.78 is 0. The summed E-state index contributed by atoms with van der Waals surface area (Å²) in [4.78, 5) is 13.8. The van der Waals surface area contributed by atoms with Gasteiger partial charge in [0.1, 0.15) is 0 Å². The molecule has 2 N–H and O–H groups in total. The fourth-order valence-corrected chi connectivity index (χ4v) is 1.93. The third kappa shape index (κ3) is 2.18. The van der Waals surface area contributed by atoms with Crippen molar-refractivity contribution in [3.05, 3.63) is 18.0 Å². The molecule has 0 spiro atoms. The first kappa shape index (κ1) is 10.2. The van der Waals surface area contributed by atoms with Gasteiger partial charge in [-0.15, -0.1) is 0 Å². The Balaban J connectivity index is 2.00. The summed E-state index contributed by atoms with van der Waals surface area (Å²) in [6.45, 7) is 1.99. The van der Waals surface area contributed by atoms with Gasteiger partial charge in [-0.05, 0) is 25.9 Å². The van der Waals surface area contributed by atoms with E-state index < -0.39 is 0 Å². The van der Waals surface area contributed by atoms with Gasteiger partial charge in [0.25, 0.3) is 5.91 Å². The van der Waals surface area contributed by atoms with Crippen LogP contribution >= 0.6 is 0 Å². The zero-order valence-electron chi connectivity index (χ0n) is 8.86. The highest BCUT2D eigenvalue weighted by Gasteiger charge is 2.22. The minimum atomic E-state index is 0.0515. The molecule has 1 aromatic rings. The van der Waals surface area contributed by atoms with Gasteiger partial charge >= 0.3 is 0 Å². The van der Waals surface area contributed by atoms with Gasteiger partial charge in [0.2, 0.25) is 0 Å². The highest BCUT2D eigenvalue weighted by Crippen LogP contribution is 2.12. The Hall–Kier alpha value is -1.36. The molecule has 1 aliphatic rings. The molecule has 15 heavy (non-hydrogen) atoms. The maximum Gasteiger partial charge on any atom is 0.257 e. The Morgan fingerprint density at radius 1 is 1.53 bits per heavy atom. The molecule has 0 aromatic carbocycles. The van der Waals surface area contributed by atoms with Crippen molar-refractivity contribution in [3.63, 3.8) is 0 Å². The van der Waals surface area contributed by atoms with Crippen molar-refractivity contribution < 1.29 is 4.79 Å². The maximum atomic E-state index is 12.0. The molecular formula is C10H16N4O. The molecule has 0 radical (unpaired) electrons. The zero-order valence-corrected chi connectivity index (χ0v) is 8.86. The predicted octanol–water partition coefficient (Wildman–Crippen LogP) is 0.234. The molecule has 1 saturated heterocycles. The Bertz CT molecular complexity index is 316. The lowest BCUT2D eigenvalue weighted by molar-refractivity contribution is 0.0703. The predicted molar refractivity (Wildman–Crippen MR) is 56.6 cm³/mol. The number of nitrogens with zero attached hydrogens (tertiary/aromatic N) is 2. The van der Waals surface area contributed by atoms with Crippen molar-refractivity contribution in [2.24, 2.45) is 0 Å². The first-order valence-electron chi connectivity index (χ1n) is 5.25. The molecule has 1 aromatic heterocycles. The molecule has 82 valence electrons. The van der Waals surface area contributed by atoms with E-state index in [1.165, 1.54) is 0 Å². The van der Waals surface area contributed by atoms with Crippen LogP contribution in [0.15, 0.2) is 12.4 Å². The molecule has 5 heteroatoms.